The summed E-state index contributed by atoms with van der Waals surface area (Å²) >= 11 is 0. The van der Waals surface area contributed by atoms with E-state index in [2.05, 4.69) is 10.2 Å². The zero-order valence-electron chi connectivity index (χ0n) is 8.83. The van der Waals surface area contributed by atoms with E-state index in [1.807, 2.05) is 4.90 Å². The standard InChI is InChI=1S/C10H19N3O/c1-9(14)13-7-10(8-13)6-12-4-2-11-3-5-12/h10-11H,2-8H2,1H3. The van der Waals surface area contributed by atoms with E-state index in [1.165, 1.54) is 6.54 Å². The van der Waals surface area contributed by atoms with Gasteiger partial charge in [-0.2, -0.15) is 0 Å². The summed E-state index contributed by atoms with van der Waals surface area (Å²) in [5.41, 5.74) is 0. The van der Waals surface area contributed by atoms with Crippen molar-refractivity contribution in [1.82, 2.24) is 15.1 Å². The minimum atomic E-state index is 0.224. The average molecular weight is 197 g/mol. The number of hydrogen-bond acceptors (Lipinski definition) is 3. The molecule has 2 rings (SSSR count). The van der Waals surface area contributed by atoms with Gasteiger partial charge >= 0.3 is 0 Å². The second-order valence-electron chi connectivity index (χ2n) is 4.34. The molecule has 4 heteroatoms. The zero-order valence-corrected chi connectivity index (χ0v) is 8.83. The average Bonchev–Trinajstić information content (AvgIpc) is 2.12. The van der Waals surface area contributed by atoms with Gasteiger partial charge in [0.25, 0.3) is 0 Å². The first kappa shape index (κ1) is 9.93. The number of piperazine rings is 1. The topological polar surface area (TPSA) is 35.6 Å². The molecule has 0 unspecified atom stereocenters. The second kappa shape index (κ2) is 4.28. The van der Waals surface area contributed by atoms with E-state index in [0.29, 0.717) is 0 Å². The first-order valence-corrected chi connectivity index (χ1v) is 5.44. The molecule has 2 aliphatic heterocycles. The van der Waals surface area contributed by atoms with E-state index in [1.54, 1.807) is 6.92 Å². The first-order valence-electron chi connectivity index (χ1n) is 5.44. The Morgan fingerprint density at radius 2 is 2.00 bits per heavy atom. The van der Waals surface area contributed by atoms with Crippen LogP contribution < -0.4 is 5.32 Å². The number of amides is 1. The molecule has 2 aliphatic rings. The molecule has 0 saturated carbocycles. The van der Waals surface area contributed by atoms with Gasteiger partial charge in [0.2, 0.25) is 5.91 Å². The molecule has 0 atom stereocenters. The summed E-state index contributed by atoms with van der Waals surface area (Å²) in [7, 11) is 0. The van der Waals surface area contributed by atoms with Crippen molar-refractivity contribution in [3.05, 3.63) is 0 Å². The molecule has 1 N–H and O–H groups in total. The lowest BCUT2D eigenvalue weighted by Gasteiger charge is -2.42. The minimum absolute atomic E-state index is 0.224. The molecule has 0 aromatic rings. The molecular weight excluding hydrogens is 178 g/mol. The fraction of sp³-hybridized carbons (Fsp3) is 0.900. The van der Waals surface area contributed by atoms with E-state index in [9.17, 15) is 4.79 Å². The second-order valence-corrected chi connectivity index (χ2v) is 4.34. The Hall–Kier alpha value is -0.610. The van der Waals surface area contributed by atoms with Crippen LogP contribution >= 0.6 is 0 Å². The number of nitrogens with zero attached hydrogens (tertiary/aromatic N) is 2. The van der Waals surface area contributed by atoms with Crippen LogP contribution in [0.1, 0.15) is 6.92 Å². The maximum Gasteiger partial charge on any atom is 0.219 e. The van der Waals surface area contributed by atoms with Crippen LogP contribution in [0.4, 0.5) is 0 Å². The van der Waals surface area contributed by atoms with Crippen LogP contribution in [0.25, 0.3) is 0 Å². The third kappa shape index (κ3) is 2.25. The molecule has 0 aromatic heterocycles. The van der Waals surface area contributed by atoms with Crippen LogP contribution in [0.3, 0.4) is 0 Å². The fourth-order valence-electron chi connectivity index (χ4n) is 2.20. The quantitative estimate of drug-likeness (QED) is 0.640. The zero-order chi connectivity index (χ0) is 9.97. The lowest BCUT2D eigenvalue weighted by Crippen LogP contribution is -2.55. The van der Waals surface area contributed by atoms with Crippen molar-refractivity contribution in [1.29, 1.82) is 0 Å². The number of likely N-dealkylation sites (tertiary alicyclic amines) is 1. The van der Waals surface area contributed by atoms with Crippen molar-refractivity contribution in [3.63, 3.8) is 0 Å². The maximum atomic E-state index is 11.0. The van der Waals surface area contributed by atoms with E-state index in [-0.39, 0.29) is 5.91 Å². The van der Waals surface area contributed by atoms with Crippen LogP contribution in [-0.4, -0.2) is 61.5 Å². The molecule has 80 valence electrons. The summed E-state index contributed by atoms with van der Waals surface area (Å²) in [5, 5.41) is 3.34. The lowest BCUT2D eigenvalue weighted by molar-refractivity contribution is -0.135. The van der Waals surface area contributed by atoms with Gasteiger partial charge in [-0.25, -0.2) is 0 Å². The Morgan fingerprint density at radius 1 is 1.36 bits per heavy atom. The molecule has 1 amide bonds. The highest BCUT2D eigenvalue weighted by atomic mass is 16.2. The normalized spacial score (nSPS) is 24.8. The molecule has 0 aromatic carbocycles. The molecule has 0 radical (unpaired) electrons. The summed E-state index contributed by atoms with van der Waals surface area (Å²) in [5.74, 6) is 0.943. The van der Waals surface area contributed by atoms with Crippen molar-refractivity contribution < 1.29 is 4.79 Å². The fourth-order valence-corrected chi connectivity index (χ4v) is 2.20. The summed E-state index contributed by atoms with van der Waals surface area (Å²) < 4.78 is 0. The van der Waals surface area contributed by atoms with Gasteiger partial charge in [0.1, 0.15) is 0 Å². The summed E-state index contributed by atoms with van der Waals surface area (Å²) in [4.78, 5) is 15.4. The van der Waals surface area contributed by atoms with Gasteiger partial charge in [0.15, 0.2) is 0 Å². The smallest absolute Gasteiger partial charge is 0.219 e. The van der Waals surface area contributed by atoms with Crippen molar-refractivity contribution >= 4 is 5.91 Å². The van der Waals surface area contributed by atoms with E-state index in [4.69, 9.17) is 0 Å². The van der Waals surface area contributed by atoms with E-state index < -0.39 is 0 Å². The number of carbonyl (C=O) groups excluding carboxylic acids is 1. The Morgan fingerprint density at radius 3 is 2.57 bits per heavy atom. The third-order valence-corrected chi connectivity index (χ3v) is 3.13. The summed E-state index contributed by atoms with van der Waals surface area (Å²) in [6.07, 6.45) is 0. The highest BCUT2D eigenvalue weighted by molar-refractivity contribution is 5.74. The summed E-state index contributed by atoms with van der Waals surface area (Å²) in [6, 6.07) is 0. The number of rotatable bonds is 2. The van der Waals surface area contributed by atoms with Crippen LogP contribution in [-0.2, 0) is 4.79 Å². The Bertz CT molecular complexity index is 207. The van der Waals surface area contributed by atoms with Gasteiger partial charge in [-0.3, -0.25) is 4.79 Å². The molecule has 0 aliphatic carbocycles. The largest absolute Gasteiger partial charge is 0.342 e. The molecule has 2 heterocycles. The first-order chi connectivity index (χ1) is 6.75. The SMILES string of the molecule is CC(=O)N1CC(CN2CCNCC2)C1. The van der Waals surface area contributed by atoms with E-state index >= 15 is 0 Å². The van der Waals surface area contributed by atoms with Crippen molar-refractivity contribution in [3.8, 4) is 0 Å². The molecule has 0 spiro atoms. The molecule has 2 saturated heterocycles. The molecule has 2 fully saturated rings. The number of carbonyl (C=O) groups is 1. The predicted octanol–water partition coefficient (Wildman–Crippen LogP) is -0.630. The van der Waals surface area contributed by atoms with Crippen LogP contribution in [0.15, 0.2) is 0 Å². The maximum absolute atomic E-state index is 11.0. The molecule has 4 nitrogen and oxygen atoms in total. The van der Waals surface area contributed by atoms with Crippen molar-refractivity contribution in [2.24, 2.45) is 5.92 Å². The van der Waals surface area contributed by atoms with Gasteiger partial charge in [-0.15, -0.1) is 0 Å². The van der Waals surface area contributed by atoms with Crippen molar-refractivity contribution in [2.75, 3.05) is 45.8 Å². The molecular formula is C10H19N3O. The third-order valence-electron chi connectivity index (χ3n) is 3.13. The minimum Gasteiger partial charge on any atom is -0.342 e. The molecule has 0 bridgehead atoms. The van der Waals surface area contributed by atoms with Crippen molar-refractivity contribution in [2.45, 2.75) is 6.92 Å². The summed E-state index contributed by atoms with van der Waals surface area (Å²) in [6.45, 7) is 9.32. The Kier molecular flexibility index (Phi) is 3.03. The van der Waals surface area contributed by atoms with Crippen LogP contribution in [0.2, 0.25) is 0 Å². The van der Waals surface area contributed by atoms with Crippen LogP contribution in [0.5, 0.6) is 0 Å². The Labute approximate surface area is 85.2 Å². The monoisotopic (exact) mass is 197 g/mol. The number of hydrogen-bond donors (Lipinski definition) is 1. The predicted molar refractivity (Wildman–Crippen MR) is 55.1 cm³/mol. The highest BCUT2D eigenvalue weighted by Gasteiger charge is 2.29. The van der Waals surface area contributed by atoms with E-state index in [0.717, 1.165) is 45.2 Å². The van der Waals surface area contributed by atoms with Gasteiger partial charge in [-0.05, 0) is 0 Å². The lowest BCUT2D eigenvalue weighted by atomic mass is 9.99. The van der Waals surface area contributed by atoms with Crippen LogP contribution in [0, 0.1) is 5.92 Å². The highest BCUT2D eigenvalue weighted by Crippen LogP contribution is 2.16. The van der Waals surface area contributed by atoms with Gasteiger partial charge in [0.05, 0.1) is 0 Å². The molecule has 14 heavy (non-hydrogen) atoms. The number of nitrogens with one attached hydrogen (secondary N) is 1. The Balaban J connectivity index is 1.65. The van der Waals surface area contributed by atoms with Gasteiger partial charge in [-0.1, -0.05) is 0 Å². The van der Waals surface area contributed by atoms with Gasteiger partial charge < -0.3 is 15.1 Å². The van der Waals surface area contributed by atoms with Gasteiger partial charge in [0, 0.05) is 58.7 Å².